The van der Waals surface area contributed by atoms with Gasteiger partial charge < -0.3 is 98.0 Å². The van der Waals surface area contributed by atoms with Gasteiger partial charge in [0.1, 0.15) is 35.9 Å². The fraction of sp³-hybridized carbons (Fsp3) is 0.660. The second kappa shape index (κ2) is 64.5. The van der Waals surface area contributed by atoms with Crippen molar-refractivity contribution >= 4 is 136 Å². The molecule has 780 valence electrons. The van der Waals surface area contributed by atoms with E-state index in [2.05, 4.69) is 57.8 Å². The zero-order valence-corrected chi connectivity index (χ0v) is 83.9. The predicted molar refractivity (Wildman–Crippen MR) is 530 cm³/mol. The van der Waals surface area contributed by atoms with Crippen molar-refractivity contribution in [1.29, 1.82) is 0 Å². The number of aliphatic imine (C=N–C) groups is 2. The van der Waals surface area contributed by atoms with Crippen molar-refractivity contribution in [3.63, 3.8) is 0 Å². The first kappa shape index (κ1) is 119. The van der Waals surface area contributed by atoms with Gasteiger partial charge in [-0.15, -0.1) is 0 Å². The van der Waals surface area contributed by atoms with Crippen LogP contribution in [0.3, 0.4) is 0 Å². The summed E-state index contributed by atoms with van der Waals surface area (Å²) in [5, 5.41) is 87.9. The molecule has 2 bridgehead atoms. The van der Waals surface area contributed by atoms with E-state index >= 15 is 0 Å². The van der Waals surface area contributed by atoms with Crippen LogP contribution in [-0.2, 0) is 104 Å². The van der Waals surface area contributed by atoms with Gasteiger partial charge in [0.2, 0.25) is 59.1 Å². The fourth-order valence-corrected chi connectivity index (χ4v) is 18.1. The third kappa shape index (κ3) is 46.4. The Morgan fingerprint density at radius 3 is 1.79 bits per heavy atom. The lowest BCUT2D eigenvalue weighted by Gasteiger charge is -2.34. The van der Waals surface area contributed by atoms with Gasteiger partial charge in [-0.1, -0.05) is 115 Å². The number of aliphatic hydroxyl groups is 3. The highest BCUT2D eigenvalue weighted by molar-refractivity contribution is 7.98. The first-order valence-electron chi connectivity index (χ1n) is 48.6. The average molecular weight is 2000 g/mol. The summed E-state index contributed by atoms with van der Waals surface area (Å²) in [5.74, 6) is -12.6. The predicted octanol–water partition coefficient (Wildman–Crippen LogP) is 1.80. The number of carboxylic acids is 3. The Morgan fingerprint density at radius 2 is 1.19 bits per heavy atom. The SMILES string of the molecule is CC[C@H](C)[C@@H]1NC(=O)[C@H](CC(C)C)NC(=O)C(C)(C)NC(=O)C(C=NC(=O)[C@H](CC(C)C)NC(=O)C(C=NC(=O)[C@@H]2CCCN2C(=O)CCc2cccc3ccccc23)CCC(=O)O)CSCc2cccc(c2)CSC[C@@H](C(=O)NCCCOCCOCCOCCCNC(=O)CCC(=O)N[C@@H](CCCCNC(=O)CN2CCN(CC(=O)O)CCN(CC(O)O)CCN(CC(=O)O)CC2)C(N)=O)NC1O. The molecule has 0 aromatic heterocycles. The lowest BCUT2D eigenvalue weighted by Crippen LogP contribution is -2.63. The fourth-order valence-electron chi connectivity index (χ4n) is 16.0. The van der Waals surface area contributed by atoms with E-state index in [1.807, 2.05) is 113 Å². The zero-order valence-electron chi connectivity index (χ0n) is 82.3. The maximum atomic E-state index is 14.7. The van der Waals surface area contributed by atoms with Gasteiger partial charge in [0.05, 0.1) is 70.0 Å². The Bertz CT molecular complexity index is 4500. The smallest absolute Gasteiger partial charge is 0.317 e. The largest absolute Gasteiger partial charge is 0.481 e. The van der Waals surface area contributed by atoms with Crippen LogP contribution in [0.2, 0.25) is 0 Å². The van der Waals surface area contributed by atoms with Crippen LogP contribution < -0.4 is 53.6 Å². The molecule has 3 aliphatic rings. The van der Waals surface area contributed by atoms with Gasteiger partial charge in [-0.2, -0.15) is 23.5 Å². The summed E-state index contributed by atoms with van der Waals surface area (Å²) < 4.78 is 17.1. The van der Waals surface area contributed by atoms with Gasteiger partial charge >= 0.3 is 17.9 Å². The number of hydrogen-bond donors (Lipinski definition) is 16. The number of hydrogen-bond acceptors (Lipinski definition) is 28. The third-order valence-corrected chi connectivity index (χ3v) is 26.3. The Balaban J connectivity index is 0.943. The molecule has 0 radical (unpaired) electrons. The zero-order chi connectivity index (χ0) is 103. The minimum atomic E-state index is -1.70. The van der Waals surface area contributed by atoms with Crippen LogP contribution in [0.1, 0.15) is 168 Å². The Labute approximate surface area is 828 Å². The molecule has 0 saturated carbocycles. The molecule has 0 spiro atoms. The monoisotopic (exact) mass is 2000 g/mol. The van der Waals surface area contributed by atoms with Gasteiger partial charge in [0, 0.05) is 159 Å². The number of benzene rings is 3. The summed E-state index contributed by atoms with van der Waals surface area (Å²) in [6.45, 7) is 18.2. The Kier molecular flexibility index (Phi) is 54.7. The molecule has 10 atom stereocenters. The van der Waals surface area contributed by atoms with Crippen LogP contribution in [0.4, 0.5) is 0 Å². The molecule has 17 N–H and O–H groups in total. The number of likely N-dealkylation sites (tertiary alicyclic amines) is 1. The van der Waals surface area contributed by atoms with E-state index < -0.39 is 144 Å². The summed E-state index contributed by atoms with van der Waals surface area (Å²) in [7, 11) is 0. The van der Waals surface area contributed by atoms with Crippen LogP contribution in [0.25, 0.3) is 10.8 Å². The molecule has 2 fully saturated rings. The normalized spacial score (nSPS) is 20.1. The van der Waals surface area contributed by atoms with E-state index in [4.69, 9.17) is 19.9 Å². The van der Waals surface area contributed by atoms with Gasteiger partial charge in [-0.3, -0.25) is 96.8 Å². The number of rotatable bonds is 51. The van der Waals surface area contributed by atoms with Crippen molar-refractivity contribution in [3.8, 4) is 0 Å². The van der Waals surface area contributed by atoms with Crippen molar-refractivity contribution in [2.45, 2.75) is 224 Å². The molecule has 3 unspecified atom stereocenters. The summed E-state index contributed by atoms with van der Waals surface area (Å²) in [5.41, 5.74) is 6.67. The van der Waals surface area contributed by atoms with Crippen LogP contribution in [-0.4, -0.2) is 367 Å². The first-order chi connectivity index (χ1) is 66.8. The molecule has 12 amide bonds. The van der Waals surface area contributed by atoms with Crippen molar-refractivity contribution in [2.75, 3.05) is 156 Å². The number of aliphatic hydroxyl groups excluding tert-OH is 2. The number of aliphatic carboxylic acids is 3. The number of nitrogens with zero attached hydrogens (tertiary/aromatic N) is 7. The summed E-state index contributed by atoms with van der Waals surface area (Å²) in [6.07, 6.45) is 2.05. The van der Waals surface area contributed by atoms with E-state index in [9.17, 15) is 103 Å². The van der Waals surface area contributed by atoms with E-state index in [1.165, 1.54) is 48.5 Å². The quantitative estimate of drug-likeness (QED) is 0.0218. The highest BCUT2D eigenvalue weighted by Gasteiger charge is 2.40. The molecule has 2 saturated heterocycles. The molecule has 3 heterocycles. The third-order valence-electron chi connectivity index (χ3n) is 24.0. The molecule has 0 aliphatic carbocycles. The lowest BCUT2D eigenvalue weighted by atomic mass is 9.95. The minimum Gasteiger partial charge on any atom is -0.481 e. The lowest BCUT2D eigenvalue weighted by molar-refractivity contribution is -0.139. The van der Waals surface area contributed by atoms with Crippen LogP contribution in [0.15, 0.2) is 76.7 Å². The number of carbonyl (C=O) groups is 15. The number of carboxylic acid groups (broad SMARTS) is 3. The maximum absolute atomic E-state index is 14.7. The molecular formula is C97H151N17O24S2. The van der Waals surface area contributed by atoms with E-state index in [0.717, 1.165) is 33.7 Å². The number of carbonyl (C=O) groups excluding carboxylic acids is 12. The highest BCUT2D eigenvalue weighted by atomic mass is 32.2. The second-order valence-corrected chi connectivity index (χ2v) is 39.2. The number of nitrogens with one attached hydrogen (secondary N) is 9. The van der Waals surface area contributed by atoms with Crippen molar-refractivity contribution in [1.82, 2.24) is 72.4 Å². The summed E-state index contributed by atoms with van der Waals surface area (Å²) in [4.78, 5) is 217. The number of β-amino-alcohol motifs (C(OH)–C–C–N with tert-alkyl or cyclic N) is 2. The first-order valence-corrected chi connectivity index (χ1v) is 51.0. The van der Waals surface area contributed by atoms with Crippen LogP contribution >= 0.6 is 23.5 Å². The summed E-state index contributed by atoms with van der Waals surface area (Å²) >= 11 is 2.77. The van der Waals surface area contributed by atoms with Gasteiger partial charge in [-0.05, 0) is 130 Å². The molecule has 6 rings (SSSR count). The van der Waals surface area contributed by atoms with E-state index in [0.29, 0.717) is 89.1 Å². The molecule has 3 aromatic rings. The van der Waals surface area contributed by atoms with Crippen molar-refractivity contribution in [3.05, 3.63) is 83.4 Å². The number of amides is 12. The number of primary amides is 1. The van der Waals surface area contributed by atoms with Gasteiger partial charge in [0.25, 0.3) is 11.8 Å². The van der Waals surface area contributed by atoms with Gasteiger partial charge in [-0.25, -0.2) is 9.98 Å². The van der Waals surface area contributed by atoms with Crippen molar-refractivity contribution in [2.24, 2.45) is 45.3 Å². The van der Waals surface area contributed by atoms with E-state index in [1.54, 1.807) is 14.7 Å². The number of ether oxygens (including phenoxy) is 3. The number of unbranched alkanes of at least 4 members (excludes halogenated alkanes) is 1. The van der Waals surface area contributed by atoms with E-state index in [-0.39, 0.29) is 210 Å². The Hall–Kier alpha value is -10.0. The van der Waals surface area contributed by atoms with Crippen molar-refractivity contribution < 1.29 is 117 Å². The highest BCUT2D eigenvalue weighted by Crippen LogP contribution is 2.27. The number of thioether (sulfide) groups is 2. The standard InChI is InChI=1S/C97H151N17O24S2/c1-9-66(6)87-95(134)106-77(92(131)101-35-18-46-137-48-50-138-49-47-136-45-17-34-99-79(115)29-30-80(116)104-74(88(98)127)25-12-13-33-100-81(117)56-110-37-39-111(57-84(121)122)41-43-113(59-86(125)126)44-42-112(40-38-110)58-85(123)124)63-140-61-68-20-14-19-67(53-68)60-139-62-72(90(129)109-97(7,8)96(135)107-76(52-65(4)5)93(132)108-87)55-102-91(130)75(51-64(2)3)105-89(128)71(28-32-83(119)120)54-103-94(133)78-26-16-36-114(78)82(118)31-27-70-23-15-22-69-21-10-11-24-73(69)70/h10-11,14-15,19-24,53-55,64-66,71-72,74-78,86-87,95,106,125-126,134H,9,12-13,16-18,25-52,56-63H2,1-8H3,(H2,98,127)(H,99,115)(H,100,117)(H,101,131)(H,104,116)(H,105,128)(H,107,135)(H,108,132)(H,109,129)(H,119,120)(H,121,122)(H,123,124)/t66-,71?,72?,74-,75-,76-,77-,78-,87-,95?/m0/s1. The van der Waals surface area contributed by atoms with Crippen LogP contribution in [0, 0.1) is 29.6 Å². The molecule has 3 aliphatic heterocycles. The average Bonchev–Trinajstić information content (AvgIpc) is 1.59. The summed E-state index contributed by atoms with van der Waals surface area (Å²) in [6, 6.07) is 15.1. The second-order valence-electron chi connectivity index (χ2n) is 37.1. The number of fused-ring (bicyclic) bond motifs is 3. The molecule has 140 heavy (non-hydrogen) atoms. The minimum absolute atomic E-state index is 0.0350. The number of nitrogens with two attached hydrogens (primary N) is 1. The van der Waals surface area contributed by atoms with Gasteiger partial charge in [0.15, 0.2) is 6.29 Å². The molecule has 3 aromatic carbocycles. The maximum Gasteiger partial charge on any atom is 0.317 e. The molecule has 43 heteroatoms. The molecule has 41 nitrogen and oxygen atoms in total. The molecular weight excluding hydrogens is 1850 g/mol. The Morgan fingerprint density at radius 1 is 0.607 bits per heavy atom. The van der Waals surface area contributed by atoms with Crippen LogP contribution in [0.5, 0.6) is 0 Å². The number of aryl methyl sites for hydroxylation is 1. The topological polar surface area (TPSA) is 580 Å².